The van der Waals surface area contributed by atoms with Crippen LogP contribution in [0, 0.1) is 23.7 Å². The van der Waals surface area contributed by atoms with Crippen LogP contribution >= 0.6 is 0 Å². The van der Waals surface area contributed by atoms with Crippen LogP contribution < -0.4 is 0 Å². The molecule has 2 bridgehead atoms. The predicted octanol–water partition coefficient (Wildman–Crippen LogP) is 6.36. The van der Waals surface area contributed by atoms with Crippen molar-refractivity contribution in [2.45, 2.75) is 81.1 Å². The van der Waals surface area contributed by atoms with Crippen LogP contribution in [0.1, 0.15) is 81.1 Å². The van der Waals surface area contributed by atoms with E-state index in [1.807, 2.05) is 0 Å². The number of hydrogen-bond acceptors (Lipinski definition) is 4. The van der Waals surface area contributed by atoms with Gasteiger partial charge in [-0.05, 0) is 63.7 Å². The average molecular weight is 397 g/mol. The molecule has 4 unspecified atom stereocenters. The first-order valence-electron chi connectivity index (χ1n) is 9.99. The van der Waals surface area contributed by atoms with Crippen LogP contribution in [0.2, 0.25) is 0 Å². The van der Waals surface area contributed by atoms with Crippen LogP contribution in [0.25, 0.3) is 0 Å². The van der Waals surface area contributed by atoms with Crippen LogP contribution in [0.5, 0.6) is 0 Å². The lowest BCUT2D eigenvalue weighted by atomic mass is 9.73. The molecule has 2 fully saturated rings. The Morgan fingerprint density at radius 3 is 1.93 bits per heavy atom. The summed E-state index contributed by atoms with van der Waals surface area (Å²) >= 11 is 0. The maximum Gasteiger partial charge on any atom is 0.302 e. The van der Waals surface area contributed by atoms with Gasteiger partial charge in [-0.3, -0.25) is 9.59 Å². The number of carbonyl (C=O) groups is 2. The van der Waals surface area contributed by atoms with Crippen molar-refractivity contribution >= 4 is 11.9 Å². The van der Waals surface area contributed by atoms with E-state index >= 15 is 0 Å². The van der Waals surface area contributed by atoms with Crippen molar-refractivity contribution < 1.29 is 19.1 Å². The summed E-state index contributed by atoms with van der Waals surface area (Å²) in [7, 11) is 0. The Labute approximate surface area is 173 Å². The summed E-state index contributed by atoms with van der Waals surface area (Å²) in [5, 5.41) is 0. The number of allylic oxidation sites excluding steroid dienone is 3. The molecule has 0 spiro atoms. The second-order valence-corrected chi connectivity index (χ2v) is 7.34. The zero-order chi connectivity index (χ0) is 19.5. The monoisotopic (exact) mass is 396 g/mol. The third-order valence-electron chi connectivity index (χ3n) is 5.40. The number of carbonyl (C=O) groups excluding carboxylic acids is 2. The van der Waals surface area contributed by atoms with Gasteiger partial charge in [0.1, 0.15) is 0 Å². The van der Waals surface area contributed by atoms with E-state index in [2.05, 4.69) is 28.2 Å². The minimum Gasteiger partial charge on any atom is -0.466 e. The van der Waals surface area contributed by atoms with Gasteiger partial charge in [-0.1, -0.05) is 45.6 Å². The summed E-state index contributed by atoms with van der Waals surface area (Å²) in [4.78, 5) is 19.6. The third-order valence-corrected chi connectivity index (χ3v) is 5.40. The molecule has 4 nitrogen and oxygen atoms in total. The number of esters is 2. The molecule has 0 aromatic heterocycles. The second kappa shape index (κ2) is 15.4. The lowest BCUT2D eigenvalue weighted by Gasteiger charge is -2.31. The highest BCUT2D eigenvalue weighted by molar-refractivity contribution is 5.66. The van der Waals surface area contributed by atoms with Gasteiger partial charge in [-0.25, -0.2) is 0 Å². The van der Waals surface area contributed by atoms with E-state index in [-0.39, 0.29) is 26.8 Å². The van der Waals surface area contributed by atoms with Gasteiger partial charge in [-0.15, -0.1) is 0 Å². The van der Waals surface area contributed by atoms with E-state index in [4.69, 9.17) is 0 Å². The first-order chi connectivity index (χ1) is 12.4. The molecule has 4 atom stereocenters. The molecule has 0 radical (unpaired) electrons. The van der Waals surface area contributed by atoms with E-state index in [1.54, 1.807) is 13.8 Å². The SMILES string of the molecule is C.C.C=C1CCC=CC1C1CC2CCC1C2.CCOC(C)=O.CCOC(C)=O. The Kier molecular flexibility index (Phi) is 15.7. The van der Waals surface area contributed by atoms with Gasteiger partial charge in [0.05, 0.1) is 13.2 Å². The van der Waals surface area contributed by atoms with Crippen LogP contribution in [0.3, 0.4) is 0 Å². The zero-order valence-electron chi connectivity index (χ0n) is 17.0. The summed E-state index contributed by atoms with van der Waals surface area (Å²) in [6.07, 6.45) is 13.4. The topological polar surface area (TPSA) is 52.6 Å². The molecule has 0 aromatic rings. The lowest BCUT2D eigenvalue weighted by molar-refractivity contribution is -0.141. The fraction of sp³-hybridized carbons (Fsp3) is 0.750. The quantitative estimate of drug-likeness (QED) is 0.411. The van der Waals surface area contributed by atoms with E-state index < -0.39 is 0 Å². The maximum absolute atomic E-state index is 9.82. The highest BCUT2D eigenvalue weighted by atomic mass is 16.5. The standard InChI is InChI=1S/C14H20.2C4H8O2.2CH4/c1-10-4-2-3-5-13(10)14-9-11-6-7-12(14)8-11;2*1-3-6-4(2)5;;/h3,5,11-14H,1-2,4,6-9H2;2*3H2,1-2H3;2*1H4. The van der Waals surface area contributed by atoms with Gasteiger partial charge >= 0.3 is 11.9 Å². The summed E-state index contributed by atoms with van der Waals surface area (Å²) in [5.41, 5.74) is 1.52. The molecule has 0 aliphatic heterocycles. The first kappa shape index (κ1) is 28.6. The number of fused-ring (bicyclic) bond motifs is 2. The van der Waals surface area contributed by atoms with Crippen LogP contribution in [0.15, 0.2) is 24.3 Å². The molecular weight excluding hydrogens is 352 g/mol. The molecule has 164 valence electrons. The van der Waals surface area contributed by atoms with Crippen molar-refractivity contribution in [1.29, 1.82) is 0 Å². The van der Waals surface area contributed by atoms with Crippen molar-refractivity contribution in [3.05, 3.63) is 24.3 Å². The highest BCUT2D eigenvalue weighted by Gasteiger charge is 2.43. The molecule has 3 rings (SSSR count). The smallest absolute Gasteiger partial charge is 0.302 e. The van der Waals surface area contributed by atoms with Crippen LogP contribution in [0.4, 0.5) is 0 Å². The Balaban J connectivity index is 0. The zero-order valence-corrected chi connectivity index (χ0v) is 17.0. The molecule has 4 heteroatoms. The van der Waals surface area contributed by atoms with Gasteiger partial charge in [0, 0.05) is 19.8 Å². The minimum atomic E-state index is -0.211. The van der Waals surface area contributed by atoms with Crippen LogP contribution in [-0.4, -0.2) is 25.2 Å². The number of rotatable bonds is 3. The summed E-state index contributed by atoms with van der Waals surface area (Å²) in [6.45, 7) is 11.6. The largest absolute Gasteiger partial charge is 0.466 e. The van der Waals surface area contributed by atoms with E-state index in [0.717, 1.165) is 23.7 Å². The van der Waals surface area contributed by atoms with Crippen molar-refractivity contribution in [3.63, 3.8) is 0 Å². The summed E-state index contributed by atoms with van der Waals surface area (Å²) < 4.78 is 8.81. The Bertz CT molecular complexity index is 479. The fourth-order valence-electron chi connectivity index (χ4n) is 4.40. The maximum atomic E-state index is 9.82. The molecule has 0 heterocycles. The first-order valence-corrected chi connectivity index (χ1v) is 9.99. The average Bonchev–Trinajstić information content (AvgIpc) is 3.19. The molecule has 3 aliphatic carbocycles. The van der Waals surface area contributed by atoms with Gasteiger partial charge in [0.25, 0.3) is 0 Å². The van der Waals surface area contributed by atoms with Crippen molar-refractivity contribution in [2.75, 3.05) is 13.2 Å². The summed E-state index contributed by atoms with van der Waals surface area (Å²) in [6, 6.07) is 0. The fourth-order valence-corrected chi connectivity index (χ4v) is 4.40. The van der Waals surface area contributed by atoms with Gasteiger partial charge < -0.3 is 9.47 Å². The third kappa shape index (κ3) is 10.1. The van der Waals surface area contributed by atoms with Gasteiger partial charge in [0.2, 0.25) is 0 Å². The van der Waals surface area contributed by atoms with E-state index in [0.29, 0.717) is 13.2 Å². The second-order valence-electron chi connectivity index (χ2n) is 7.34. The normalized spacial score (nSPS) is 26.4. The Hall–Kier alpha value is -1.58. The Morgan fingerprint density at radius 2 is 1.61 bits per heavy atom. The Morgan fingerprint density at radius 1 is 1.04 bits per heavy atom. The molecule has 3 aliphatic rings. The van der Waals surface area contributed by atoms with Crippen LogP contribution in [-0.2, 0) is 19.1 Å². The van der Waals surface area contributed by atoms with Crippen molar-refractivity contribution in [1.82, 2.24) is 0 Å². The molecule has 0 aromatic carbocycles. The number of ether oxygens (including phenoxy) is 2. The predicted molar refractivity (Wildman–Crippen MR) is 118 cm³/mol. The van der Waals surface area contributed by atoms with Gasteiger partial charge in [0.15, 0.2) is 0 Å². The van der Waals surface area contributed by atoms with Gasteiger partial charge in [-0.2, -0.15) is 0 Å². The molecule has 0 amide bonds. The molecule has 28 heavy (non-hydrogen) atoms. The van der Waals surface area contributed by atoms with Crippen molar-refractivity contribution in [3.8, 4) is 0 Å². The molecule has 0 saturated heterocycles. The lowest BCUT2D eigenvalue weighted by Crippen LogP contribution is -2.22. The molecule has 0 N–H and O–H groups in total. The molecule has 2 saturated carbocycles. The summed E-state index contributed by atoms with van der Waals surface area (Å²) in [5.74, 6) is 3.42. The molecular formula is C24H44O4. The number of hydrogen-bond donors (Lipinski definition) is 0. The van der Waals surface area contributed by atoms with Crippen molar-refractivity contribution in [2.24, 2.45) is 23.7 Å². The van der Waals surface area contributed by atoms with E-state index in [9.17, 15) is 9.59 Å². The highest BCUT2D eigenvalue weighted by Crippen LogP contribution is 2.53. The van der Waals surface area contributed by atoms with E-state index in [1.165, 1.54) is 57.9 Å². The minimum absolute atomic E-state index is 0.